The van der Waals surface area contributed by atoms with Gasteiger partial charge >= 0.3 is 0 Å². The maximum Gasteiger partial charge on any atom is 0.0870 e. The summed E-state index contributed by atoms with van der Waals surface area (Å²) in [6, 6.07) is 4.68. The minimum Gasteiger partial charge on any atom is -0.129 e. The van der Waals surface area contributed by atoms with Gasteiger partial charge in [0.2, 0.25) is 0 Å². The van der Waals surface area contributed by atoms with Crippen LogP contribution in [-0.2, 0) is 6.42 Å². The maximum atomic E-state index is 2.35. The molecule has 0 unspecified atom stereocenters. The van der Waals surface area contributed by atoms with Crippen molar-refractivity contribution >= 4 is 32.1 Å². The second-order valence-corrected chi connectivity index (χ2v) is 6.09. The lowest BCUT2D eigenvalue weighted by Crippen LogP contribution is -1.77. The van der Waals surface area contributed by atoms with Crippen LogP contribution in [0.15, 0.2) is 12.1 Å². The summed E-state index contributed by atoms with van der Waals surface area (Å²) in [7, 11) is 0. The molecule has 0 saturated heterocycles. The number of aryl methyl sites for hydroxylation is 1. The van der Waals surface area contributed by atoms with Gasteiger partial charge in [0, 0.05) is 15.1 Å². The Labute approximate surface area is 87.2 Å². The van der Waals surface area contributed by atoms with E-state index in [2.05, 4.69) is 32.9 Å². The topological polar surface area (TPSA) is 0 Å². The summed E-state index contributed by atoms with van der Waals surface area (Å²) in [5.74, 6) is 0.676. The highest BCUT2D eigenvalue weighted by Gasteiger charge is 2.07. The van der Waals surface area contributed by atoms with E-state index in [0.29, 0.717) is 5.92 Å². The van der Waals surface area contributed by atoms with Gasteiger partial charge in [0.05, 0.1) is 4.01 Å². The first-order valence-electron chi connectivity index (χ1n) is 4.73. The van der Waals surface area contributed by atoms with Crippen LogP contribution in [0.2, 0.25) is 0 Å². The van der Waals surface area contributed by atoms with Crippen LogP contribution in [-0.4, -0.2) is 0 Å². The maximum absolute atomic E-state index is 2.35. The molecule has 0 aliphatic rings. The Morgan fingerprint density at radius 1 is 1.23 bits per heavy atom. The SMILES string of the molecule is CCc1cc2cc(C(C)C)sc2s1. The molecule has 0 saturated carbocycles. The average molecular weight is 210 g/mol. The van der Waals surface area contributed by atoms with Crippen molar-refractivity contribution in [2.75, 3.05) is 0 Å². The van der Waals surface area contributed by atoms with Crippen LogP contribution in [0.5, 0.6) is 0 Å². The van der Waals surface area contributed by atoms with Crippen molar-refractivity contribution in [1.29, 1.82) is 0 Å². The molecule has 2 rings (SSSR count). The molecule has 70 valence electrons. The molecule has 0 fully saturated rings. The summed E-state index contributed by atoms with van der Waals surface area (Å²) >= 11 is 3.91. The van der Waals surface area contributed by atoms with Gasteiger partial charge in [-0.1, -0.05) is 20.8 Å². The van der Waals surface area contributed by atoms with Gasteiger partial charge in [0.1, 0.15) is 0 Å². The molecule has 13 heavy (non-hydrogen) atoms. The largest absolute Gasteiger partial charge is 0.129 e. The van der Waals surface area contributed by atoms with E-state index in [1.54, 1.807) is 0 Å². The van der Waals surface area contributed by atoms with Gasteiger partial charge in [-0.05, 0) is 24.5 Å². The standard InChI is InChI=1S/C11H14S2/c1-4-9-5-8-6-10(7(2)3)13-11(8)12-9/h5-7H,4H2,1-3H3. The lowest BCUT2D eigenvalue weighted by Gasteiger charge is -1.96. The van der Waals surface area contributed by atoms with E-state index >= 15 is 0 Å². The first-order chi connectivity index (χ1) is 6.20. The van der Waals surface area contributed by atoms with Gasteiger partial charge in [0.25, 0.3) is 0 Å². The monoisotopic (exact) mass is 210 g/mol. The van der Waals surface area contributed by atoms with Crippen molar-refractivity contribution in [2.24, 2.45) is 0 Å². The van der Waals surface area contributed by atoms with Gasteiger partial charge in [-0.3, -0.25) is 0 Å². The normalized spacial score (nSPS) is 11.7. The molecule has 2 aromatic rings. The molecule has 0 aliphatic heterocycles. The van der Waals surface area contributed by atoms with Crippen LogP contribution >= 0.6 is 22.7 Å². The molecule has 2 aromatic heterocycles. The van der Waals surface area contributed by atoms with Gasteiger partial charge in [-0.25, -0.2) is 0 Å². The highest BCUT2D eigenvalue weighted by atomic mass is 32.2. The second-order valence-electron chi connectivity index (χ2n) is 3.61. The second kappa shape index (κ2) is 3.43. The van der Waals surface area contributed by atoms with Crippen molar-refractivity contribution in [3.05, 3.63) is 21.9 Å². The quantitative estimate of drug-likeness (QED) is 0.677. The zero-order valence-corrected chi connectivity index (χ0v) is 9.89. The summed E-state index contributed by atoms with van der Waals surface area (Å²) in [5.41, 5.74) is 0. The molecule has 0 spiro atoms. The van der Waals surface area contributed by atoms with E-state index in [-0.39, 0.29) is 0 Å². The Morgan fingerprint density at radius 3 is 2.54 bits per heavy atom. The van der Waals surface area contributed by atoms with Crippen LogP contribution in [0.25, 0.3) is 9.40 Å². The van der Waals surface area contributed by atoms with Crippen molar-refractivity contribution in [1.82, 2.24) is 0 Å². The molecule has 0 N–H and O–H groups in total. The molecule has 0 aliphatic carbocycles. The third kappa shape index (κ3) is 1.65. The average Bonchev–Trinajstić information content (AvgIpc) is 2.58. The zero-order chi connectivity index (χ0) is 9.42. The molecule has 0 amide bonds. The predicted octanol–water partition coefficient (Wildman–Crippen LogP) is 4.65. The first kappa shape index (κ1) is 9.22. The molecule has 0 radical (unpaired) electrons. The molecule has 0 bridgehead atoms. The summed E-state index contributed by atoms with van der Waals surface area (Å²) in [5, 5.41) is 1.45. The van der Waals surface area contributed by atoms with E-state index in [1.807, 2.05) is 22.7 Å². The Bertz CT molecular complexity index is 375. The summed E-state index contributed by atoms with van der Waals surface area (Å²) in [6.07, 6.45) is 1.17. The van der Waals surface area contributed by atoms with Crippen molar-refractivity contribution < 1.29 is 0 Å². The van der Waals surface area contributed by atoms with Crippen LogP contribution < -0.4 is 0 Å². The lowest BCUT2D eigenvalue weighted by atomic mass is 10.2. The van der Waals surface area contributed by atoms with Gasteiger partial charge in [-0.15, -0.1) is 22.7 Å². The number of hydrogen-bond donors (Lipinski definition) is 0. The van der Waals surface area contributed by atoms with Gasteiger partial charge in [-0.2, -0.15) is 0 Å². The lowest BCUT2D eigenvalue weighted by molar-refractivity contribution is 0.890. The molecule has 2 heterocycles. The fourth-order valence-electron chi connectivity index (χ4n) is 1.37. The van der Waals surface area contributed by atoms with Crippen molar-refractivity contribution in [3.8, 4) is 0 Å². The Balaban J connectivity index is 2.48. The molecule has 0 atom stereocenters. The number of thiophene rings is 2. The molecule has 0 aromatic carbocycles. The van der Waals surface area contributed by atoms with E-state index < -0.39 is 0 Å². The highest BCUT2D eigenvalue weighted by Crippen LogP contribution is 2.36. The Hall–Kier alpha value is -0.340. The summed E-state index contributed by atoms with van der Waals surface area (Å²) in [6.45, 7) is 6.74. The zero-order valence-electron chi connectivity index (χ0n) is 8.26. The fourth-order valence-corrected chi connectivity index (χ4v) is 3.82. The Kier molecular flexibility index (Phi) is 2.43. The number of hydrogen-bond acceptors (Lipinski definition) is 2. The van der Waals surface area contributed by atoms with E-state index in [1.165, 1.54) is 25.6 Å². The van der Waals surface area contributed by atoms with Crippen LogP contribution in [0, 0.1) is 0 Å². The van der Waals surface area contributed by atoms with Gasteiger partial charge < -0.3 is 0 Å². The summed E-state index contributed by atoms with van der Waals surface area (Å²) in [4.78, 5) is 3.03. The first-order valence-corrected chi connectivity index (χ1v) is 6.36. The third-order valence-electron chi connectivity index (χ3n) is 2.20. The summed E-state index contributed by atoms with van der Waals surface area (Å²) < 4.78 is 1.50. The predicted molar refractivity (Wildman–Crippen MR) is 63.2 cm³/mol. The van der Waals surface area contributed by atoms with Crippen molar-refractivity contribution in [2.45, 2.75) is 33.1 Å². The molecule has 0 nitrogen and oxygen atoms in total. The van der Waals surface area contributed by atoms with Crippen LogP contribution in [0.4, 0.5) is 0 Å². The molecular weight excluding hydrogens is 196 g/mol. The highest BCUT2D eigenvalue weighted by molar-refractivity contribution is 7.38. The Morgan fingerprint density at radius 2 is 2.00 bits per heavy atom. The minimum absolute atomic E-state index is 0.676. The van der Waals surface area contributed by atoms with Crippen LogP contribution in [0.1, 0.15) is 36.4 Å². The smallest absolute Gasteiger partial charge is 0.0870 e. The molecular formula is C11H14S2. The van der Waals surface area contributed by atoms with Crippen LogP contribution in [0.3, 0.4) is 0 Å². The van der Waals surface area contributed by atoms with E-state index in [4.69, 9.17) is 0 Å². The number of rotatable bonds is 2. The van der Waals surface area contributed by atoms with E-state index in [9.17, 15) is 0 Å². The number of fused-ring (bicyclic) bond motifs is 1. The van der Waals surface area contributed by atoms with E-state index in [0.717, 1.165) is 0 Å². The molecule has 2 heteroatoms. The van der Waals surface area contributed by atoms with Crippen molar-refractivity contribution in [3.63, 3.8) is 0 Å². The van der Waals surface area contributed by atoms with Gasteiger partial charge in [0.15, 0.2) is 0 Å². The minimum atomic E-state index is 0.676. The third-order valence-corrected chi connectivity index (χ3v) is 5.04. The fraction of sp³-hybridized carbons (Fsp3) is 0.455.